The van der Waals surface area contributed by atoms with Crippen LogP contribution in [0.15, 0.2) is 28.8 Å². The molecule has 12 nitrogen and oxygen atoms in total. The largest absolute Gasteiger partial charge is 0.477 e. The van der Waals surface area contributed by atoms with E-state index in [1.54, 1.807) is 17.5 Å². The Morgan fingerprint density at radius 2 is 2.12 bits per heavy atom. The molecule has 0 saturated carbocycles. The number of carbonyl (C=O) groups is 5. The first kappa shape index (κ1) is 23.6. The zero-order chi connectivity index (χ0) is 23.6. The quantitative estimate of drug-likeness (QED) is 0.220. The van der Waals surface area contributed by atoms with Crippen molar-refractivity contribution in [1.82, 2.24) is 15.5 Å². The average molecular weight is 485 g/mol. The first-order chi connectivity index (χ1) is 15.1. The van der Waals surface area contributed by atoms with Crippen molar-refractivity contribution in [3.63, 3.8) is 0 Å². The Morgan fingerprint density at radius 3 is 2.66 bits per heavy atom. The molecule has 0 radical (unpaired) electrons. The lowest BCUT2D eigenvalue weighted by Gasteiger charge is -2.55. The summed E-state index contributed by atoms with van der Waals surface area (Å²) in [5.74, 6) is -3.42. The molecule has 0 spiro atoms. The number of fused-ring (bicyclic) bond motifs is 1. The summed E-state index contributed by atoms with van der Waals surface area (Å²) in [5.41, 5.74) is 3.24. The molecule has 3 heterocycles. The zero-order valence-electron chi connectivity index (χ0n) is 16.9. The van der Waals surface area contributed by atoms with E-state index in [2.05, 4.69) is 10.6 Å². The molecule has 1 fully saturated rings. The summed E-state index contributed by atoms with van der Waals surface area (Å²) in [7, 11) is 1.20. The number of nitrogens with zero attached hydrogens (tertiary/aromatic N) is 1. The fraction of sp³-hybridized carbons (Fsp3) is 0.389. The summed E-state index contributed by atoms with van der Waals surface area (Å²) in [6.45, 7) is 0.903. The van der Waals surface area contributed by atoms with E-state index in [1.165, 1.54) is 25.4 Å². The van der Waals surface area contributed by atoms with Crippen LogP contribution in [0, 0.1) is 0 Å². The highest BCUT2D eigenvalue weighted by Crippen LogP contribution is 2.46. The number of rotatable bonds is 8. The number of nitrogens with two attached hydrogens (primary N) is 1. The minimum absolute atomic E-state index is 0.123. The third-order valence-corrected chi connectivity index (χ3v) is 7.08. The van der Waals surface area contributed by atoms with Crippen molar-refractivity contribution < 1.29 is 38.6 Å². The molecule has 3 atom stereocenters. The molecule has 0 aromatic carbocycles. The minimum atomic E-state index is -1.86. The Morgan fingerprint density at radius 1 is 1.41 bits per heavy atom. The van der Waals surface area contributed by atoms with Crippen molar-refractivity contribution in [3.05, 3.63) is 33.7 Å². The number of esters is 1. The number of ether oxygens (including phenoxy) is 2. The number of carboxylic acids is 1. The number of amides is 4. The van der Waals surface area contributed by atoms with Gasteiger partial charge in [0.25, 0.3) is 17.5 Å². The van der Waals surface area contributed by atoms with Gasteiger partial charge in [-0.25, -0.2) is 9.59 Å². The van der Waals surface area contributed by atoms with E-state index in [-0.39, 0.29) is 23.6 Å². The van der Waals surface area contributed by atoms with Gasteiger partial charge in [-0.05, 0) is 11.4 Å². The molecule has 4 amide bonds. The number of carboxylic acid groups (broad SMARTS) is 1. The van der Waals surface area contributed by atoms with Gasteiger partial charge in [-0.1, -0.05) is 6.07 Å². The molecule has 5 N–H and O–H groups in total. The van der Waals surface area contributed by atoms with Crippen molar-refractivity contribution in [2.45, 2.75) is 24.1 Å². The van der Waals surface area contributed by atoms with E-state index < -0.39 is 46.9 Å². The number of primary amides is 1. The molecule has 2 aliphatic heterocycles. The second-order valence-electron chi connectivity index (χ2n) is 6.76. The van der Waals surface area contributed by atoms with Crippen LogP contribution in [0.2, 0.25) is 0 Å². The van der Waals surface area contributed by atoms with E-state index in [0.29, 0.717) is 4.88 Å². The van der Waals surface area contributed by atoms with Crippen molar-refractivity contribution >= 4 is 52.9 Å². The van der Waals surface area contributed by atoms with Crippen LogP contribution >= 0.6 is 23.1 Å². The predicted octanol–water partition coefficient (Wildman–Crippen LogP) is -0.267. The van der Waals surface area contributed by atoms with E-state index in [1.807, 2.05) is 0 Å². The van der Waals surface area contributed by atoms with Crippen molar-refractivity contribution in [3.8, 4) is 0 Å². The molecule has 1 aromatic heterocycles. The van der Waals surface area contributed by atoms with Gasteiger partial charge in [-0.2, -0.15) is 0 Å². The number of thioether (sulfide) groups is 1. The van der Waals surface area contributed by atoms with Gasteiger partial charge in [0, 0.05) is 30.2 Å². The van der Waals surface area contributed by atoms with E-state index in [0.717, 1.165) is 16.7 Å². The minimum Gasteiger partial charge on any atom is -0.477 e. The highest BCUT2D eigenvalue weighted by Gasteiger charge is 2.67. The second-order valence-corrected chi connectivity index (χ2v) is 8.81. The van der Waals surface area contributed by atoms with Crippen LogP contribution in [-0.2, 0) is 28.7 Å². The monoisotopic (exact) mass is 484 g/mol. The highest BCUT2D eigenvalue weighted by atomic mass is 32.2. The summed E-state index contributed by atoms with van der Waals surface area (Å²) >= 11 is 2.34. The van der Waals surface area contributed by atoms with Gasteiger partial charge >= 0.3 is 18.0 Å². The number of urea groups is 1. The van der Waals surface area contributed by atoms with Gasteiger partial charge in [0.1, 0.15) is 23.7 Å². The third kappa shape index (κ3) is 4.16. The van der Waals surface area contributed by atoms with Gasteiger partial charge in [0.2, 0.25) is 0 Å². The van der Waals surface area contributed by atoms with Crippen LogP contribution in [0.4, 0.5) is 4.79 Å². The number of β-lactam (4-membered cyclic amide) rings is 1. The molecule has 3 rings (SSSR count). The lowest BCUT2D eigenvalue weighted by molar-refractivity contribution is -0.193. The number of hydrogen-bond acceptors (Lipinski definition) is 9. The van der Waals surface area contributed by atoms with E-state index in [9.17, 15) is 29.1 Å². The van der Waals surface area contributed by atoms with Crippen LogP contribution in [0.5, 0.6) is 0 Å². The molecular formula is C18H20N4O8S2. The normalized spacial score (nSPS) is 23.0. The second kappa shape index (κ2) is 9.18. The summed E-state index contributed by atoms with van der Waals surface area (Å²) in [4.78, 5) is 61.9. The van der Waals surface area contributed by atoms with Gasteiger partial charge in [-0.15, -0.1) is 23.1 Å². The molecule has 1 aromatic rings. The average Bonchev–Trinajstić information content (AvgIpc) is 3.27. The van der Waals surface area contributed by atoms with Crippen molar-refractivity contribution in [2.75, 3.05) is 19.5 Å². The molecule has 32 heavy (non-hydrogen) atoms. The summed E-state index contributed by atoms with van der Waals surface area (Å²) in [5, 5.41) is 15.3. The van der Waals surface area contributed by atoms with Gasteiger partial charge in [0.05, 0.1) is 0 Å². The van der Waals surface area contributed by atoms with Crippen molar-refractivity contribution in [1.29, 1.82) is 0 Å². The molecule has 1 unspecified atom stereocenters. The summed E-state index contributed by atoms with van der Waals surface area (Å²) in [6.07, 6.45) is 0. The maximum atomic E-state index is 13.1. The Balaban J connectivity index is 1.87. The zero-order valence-corrected chi connectivity index (χ0v) is 18.6. The molecule has 2 aliphatic rings. The maximum absolute atomic E-state index is 13.1. The van der Waals surface area contributed by atoms with Gasteiger partial charge in [-0.3, -0.25) is 19.3 Å². The van der Waals surface area contributed by atoms with Crippen LogP contribution in [0.1, 0.15) is 17.8 Å². The molecule has 0 aliphatic carbocycles. The molecule has 0 bridgehead atoms. The lowest BCUT2D eigenvalue weighted by atomic mass is 9.97. The Labute approximate surface area is 190 Å². The summed E-state index contributed by atoms with van der Waals surface area (Å²) < 4.78 is 10.3. The fourth-order valence-electron chi connectivity index (χ4n) is 3.36. The topological polar surface area (TPSA) is 177 Å². The number of aliphatic carboxylic acids is 1. The Kier molecular flexibility index (Phi) is 6.76. The fourth-order valence-corrected chi connectivity index (χ4v) is 5.56. The highest BCUT2D eigenvalue weighted by molar-refractivity contribution is 8.00. The van der Waals surface area contributed by atoms with E-state index >= 15 is 0 Å². The Bertz CT molecular complexity index is 995. The lowest BCUT2D eigenvalue weighted by Crippen LogP contribution is -2.81. The predicted molar refractivity (Wildman–Crippen MR) is 112 cm³/mol. The molecular weight excluding hydrogens is 464 g/mol. The number of thiophene rings is 1. The van der Waals surface area contributed by atoms with Crippen LogP contribution < -0.4 is 16.4 Å². The first-order valence-corrected chi connectivity index (χ1v) is 11.1. The number of carbonyl (C=O) groups excluding carboxylic acids is 4. The first-order valence-electron chi connectivity index (χ1n) is 9.12. The maximum Gasteiger partial charge on any atom is 0.352 e. The molecule has 1 saturated heterocycles. The summed E-state index contributed by atoms with van der Waals surface area (Å²) in [6, 6.07) is 1.17. The number of hydrogen-bond donors (Lipinski definition) is 4. The van der Waals surface area contributed by atoms with Gasteiger partial charge < -0.3 is 30.9 Å². The van der Waals surface area contributed by atoms with Crippen molar-refractivity contribution in [2.24, 2.45) is 5.73 Å². The van der Waals surface area contributed by atoms with Crippen LogP contribution in [-0.4, -0.2) is 70.4 Å². The number of nitrogens with one attached hydrogen (secondary N) is 2. The SMILES string of the molecule is CO[C@]1(NC(=O)C(NC(N)=O)c2cccs2)C(=O)N2C(C(=O)O)=C(COC(C)=O)CS[C@@H]21. The molecule has 172 valence electrons. The Hall–Kier alpha value is -3.10. The molecule has 14 heteroatoms. The van der Waals surface area contributed by atoms with E-state index in [4.69, 9.17) is 15.2 Å². The number of methoxy groups -OCH3 is 1. The third-order valence-electron chi connectivity index (χ3n) is 4.77. The smallest absolute Gasteiger partial charge is 0.352 e. The standard InChI is InChI=1S/C18H20N4O8S2/c1-8(23)30-6-9-7-32-16-18(29-2,15(27)22(16)12(9)14(25)26)21-13(24)11(20-17(19)28)10-4-3-5-31-10/h3-5,11,16H,6-7H2,1-2H3,(H,21,24)(H,25,26)(H3,19,20,28)/t11?,16-,18-/m1/s1. The van der Waals surface area contributed by atoms with Gasteiger partial charge in [0.15, 0.2) is 0 Å². The van der Waals surface area contributed by atoms with Crippen LogP contribution in [0.25, 0.3) is 0 Å². The van der Waals surface area contributed by atoms with Crippen LogP contribution in [0.3, 0.4) is 0 Å².